The Morgan fingerprint density at radius 2 is 2.12 bits per heavy atom. The van der Waals surface area contributed by atoms with Gasteiger partial charge in [0.1, 0.15) is 23.5 Å². The van der Waals surface area contributed by atoms with Crippen molar-refractivity contribution < 1.29 is 18.3 Å². The van der Waals surface area contributed by atoms with Crippen LogP contribution in [-0.2, 0) is 6.42 Å². The van der Waals surface area contributed by atoms with Crippen LogP contribution < -0.4 is 9.64 Å². The predicted octanol–water partition coefficient (Wildman–Crippen LogP) is 3.41. The molecule has 24 heavy (non-hydrogen) atoms. The van der Waals surface area contributed by atoms with E-state index >= 15 is 0 Å². The lowest BCUT2D eigenvalue weighted by Gasteiger charge is -2.23. The highest BCUT2D eigenvalue weighted by Gasteiger charge is 2.26. The largest absolute Gasteiger partial charge is 0.496 e. The quantitative estimate of drug-likeness (QED) is 0.864. The Balaban J connectivity index is 2.00. The summed E-state index contributed by atoms with van der Waals surface area (Å²) in [7, 11) is 1.59. The number of aromatic nitrogens is 2. The lowest BCUT2D eigenvalue weighted by Crippen LogP contribution is -2.32. The predicted molar refractivity (Wildman–Crippen MR) is 84.6 cm³/mol. The lowest BCUT2D eigenvalue weighted by atomic mass is 10.1. The van der Waals surface area contributed by atoms with E-state index in [0.717, 1.165) is 48.7 Å². The van der Waals surface area contributed by atoms with E-state index in [9.17, 15) is 13.6 Å². The number of amides is 1. The molecule has 0 fully saturated rings. The molecule has 0 radical (unpaired) electrons. The molecule has 0 N–H and O–H groups in total. The van der Waals surface area contributed by atoms with Gasteiger partial charge in [-0.05, 0) is 37.5 Å². The maximum absolute atomic E-state index is 12.8. The van der Waals surface area contributed by atoms with Crippen molar-refractivity contribution in [3.05, 3.63) is 47.5 Å². The minimum Gasteiger partial charge on any atom is -0.496 e. The van der Waals surface area contributed by atoms with Crippen LogP contribution in [0.25, 0.3) is 0 Å². The molecule has 7 heteroatoms. The molecule has 1 aliphatic rings. The van der Waals surface area contributed by atoms with E-state index in [2.05, 4.69) is 9.97 Å². The minimum absolute atomic E-state index is 0.0315. The van der Waals surface area contributed by atoms with Gasteiger partial charge in [0.05, 0.1) is 12.8 Å². The normalized spacial score (nSPS) is 14.2. The summed E-state index contributed by atoms with van der Waals surface area (Å²) in [5.41, 5.74) is 1.22. The molecule has 1 amide bonds. The number of rotatable bonds is 3. The molecule has 2 aromatic rings. The fourth-order valence-electron chi connectivity index (χ4n) is 2.90. The van der Waals surface area contributed by atoms with Crippen LogP contribution in [0, 0.1) is 0 Å². The molecule has 3 rings (SSSR count). The van der Waals surface area contributed by atoms with E-state index < -0.39 is 18.0 Å². The van der Waals surface area contributed by atoms with Crippen LogP contribution in [0.4, 0.5) is 14.5 Å². The number of carbonyl (C=O) groups excluding carboxylic acids is 1. The molecule has 5 nitrogen and oxygen atoms in total. The molecule has 1 aromatic carbocycles. The van der Waals surface area contributed by atoms with Crippen molar-refractivity contribution in [2.24, 2.45) is 0 Å². The highest BCUT2D eigenvalue weighted by molar-refractivity contribution is 6.05. The van der Waals surface area contributed by atoms with Gasteiger partial charge in [0.15, 0.2) is 0 Å². The van der Waals surface area contributed by atoms with Gasteiger partial charge in [-0.25, -0.2) is 18.7 Å². The second-order valence-electron chi connectivity index (χ2n) is 5.50. The smallest absolute Gasteiger partial charge is 0.280 e. The van der Waals surface area contributed by atoms with E-state index in [1.54, 1.807) is 12.0 Å². The third kappa shape index (κ3) is 3.06. The van der Waals surface area contributed by atoms with Crippen molar-refractivity contribution in [1.82, 2.24) is 9.97 Å². The first kappa shape index (κ1) is 16.3. The number of alkyl halides is 2. The first-order valence-corrected chi connectivity index (χ1v) is 7.69. The summed E-state index contributed by atoms with van der Waals surface area (Å²) >= 11 is 0. The fourth-order valence-corrected chi connectivity index (χ4v) is 2.90. The maximum Gasteiger partial charge on any atom is 0.280 e. The van der Waals surface area contributed by atoms with Crippen molar-refractivity contribution in [2.45, 2.75) is 25.7 Å². The van der Waals surface area contributed by atoms with Crippen LogP contribution in [0.15, 0.2) is 30.6 Å². The van der Waals surface area contributed by atoms with Crippen LogP contribution >= 0.6 is 0 Å². The van der Waals surface area contributed by atoms with E-state index in [1.165, 1.54) is 0 Å². The topological polar surface area (TPSA) is 55.3 Å². The summed E-state index contributed by atoms with van der Waals surface area (Å²) in [6, 6.07) is 6.56. The Hall–Kier alpha value is -2.57. The van der Waals surface area contributed by atoms with Crippen LogP contribution in [-0.4, -0.2) is 29.5 Å². The van der Waals surface area contributed by atoms with Crippen molar-refractivity contribution in [3.63, 3.8) is 0 Å². The number of methoxy groups -OCH3 is 1. The molecule has 0 unspecified atom stereocenters. The van der Waals surface area contributed by atoms with Crippen LogP contribution in [0.2, 0.25) is 0 Å². The Morgan fingerprint density at radius 3 is 2.88 bits per heavy atom. The van der Waals surface area contributed by atoms with Crippen molar-refractivity contribution >= 4 is 11.6 Å². The fraction of sp³-hybridized carbons (Fsp3) is 0.353. The zero-order valence-electron chi connectivity index (χ0n) is 13.2. The van der Waals surface area contributed by atoms with Gasteiger partial charge in [-0.2, -0.15) is 0 Å². The number of hydrogen-bond acceptors (Lipinski definition) is 4. The molecule has 0 saturated heterocycles. The average Bonchev–Trinajstić information content (AvgIpc) is 2.83. The minimum atomic E-state index is -2.74. The number of ether oxygens (including phenoxy) is 1. The van der Waals surface area contributed by atoms with Crippen molar-refractivity contribution in [3.8, 4) is 5.75 Å². The molecule has 0 aliphatic carbocycles. The van der Waals surface area contributed by atoms with E-state index in [-0.39, 0.29) is 5.69 Å². The van der Waals surface area contributed by atoms with Crippen LogP contribution in [0.1, 0.15) is 41.0 Å². The highest BCUT2D eigenvalue weighted by atomic mass is 19.3. The standard InChI is InChI=1S/C17H17F2N3O2/c1-24-15-7-4-6-14-11(15)5-2-3-8-22(14)17(23)13-9-12(16(18)19)20-10-21-13/h4,6-7,9-10,16H,2-3,5,8H2,1H3. The second-order valence-corrected chi connectivity index (χ2v) is 5.50. The Bertz CT molecular complexity index is 752. The van der Waals surface area contributed by atoms with E-state index in [1.807, 2.05) is 18.2 Å². The van der Waals surface area contributed by atoms with Crippen molar-refractivity contribution in [2.75, 3.05) is 18.6 Å². The SMILES string of the molecule is COc1cccc2c1CCCCN2C(=O)c1cc(C(F)F)ncn1. The van der Waals surface area contributed by atoms with Gasteiger partial charge in [-0.3, -0.25) is 4.79 Å². The van der Waals surface area contributed by atoms with E-state index in [0.29, 0.717) is 6.54 Å². The molecule has 0 saturated carbocycles. The van der Waals surface area contributed by atoms with Gasteiger partial charge in [-0.1, -0.05) is 6.07 Å². The third-order valence-corrected chi connectivity index (χ3v) is 4.05. The molecular formula is C17H17F2N3O2. The summed E-state index contributed by atoms with van der Waals surface area (Å²) in [5.74, 6) is 0.318. The first-order valence-electron chi connectivity index (χ1n) is 7.69. The lowest BCUT2D eigenvalue weighted by molar-refractivity contribution is 0.0981. The number of hydrogen-bond donors (Lipinski definition) is 0. The first-order chi connectivity index (χ1) is 11.6. The number of halogens is 2. The number of nitrogens with zero attached hydrogens (tertiary/aromatic N) is 3. The molecule has 0 spiro atoms. The summed E-state index contributed by atoms with van der Waals surface area (Å²) < 4.78 is 31.0. The average molecular weight is 333 g/mol. The monoisotopic (exact) mass is 333 g/mol. The molecule has 2 heterocycles. The van der Waals surface area contributed by atoms with Gasteiger partial charge in [-0.15, -0.1) is 0 Å². The maximum atomic E-state index is 12.8. The second kappa shape index (κ2) is 6.90. The highest BCUT2D eigenvalue weighted by Crippen LogP contribution is 2.34. The molecule has 1 aliphatic heterocycles. The van der Waals surface area contributed by atoms with Gasteiger partial charge < -0.3 is 9.64 Å². The van der Waals surface area contributed by atoms with Crippen LogP contribution in [0.5, 0.6) is 5.75 Å². The number of benzene rings is 1. The molecule has 0 atom stereocenters. The van der Waals surface area contributed by atoms with Gasteiger partial charge in [0.2, 0.25) is 0 Å². The Labute approximate surface area is 138 Å². The van der Waals surface area contributed by atoms with Gasteiger partial charge in [0.25, 0.3) is 12.3 Å². The molecule has 126 valence electrons. The van der Waals surface area contributed by atoms with Crippen molar-refractivity contribution in [1.29, 1.82) is 0 Å². The summed E-state index contributed by atoms with van der Waals surface area (Å²) in [5, 5.41) is 0. The Kier molecular flexibility index (Phi) is 4.69. The zero-order valence-corrected chi connectivity index (χ0v) is 13.2. The summed E-state index contributed by atoms with van der Waals surface area (Å²) in [4.78, 5) is 21.8. The molecular weight excluding hydrogens is 316 g/mol. The molecule has 1 aromatic heterocycles. The zero-order chi connectivity index (χ0) is 17.1. The molecule has 0 bridgehead atoms. The third-order valence-electron chi connectivity index (χ3n) is 4.05. The summed E-state index contributed by atoms with van der Waals surface area (Å²) in [6.45, 7) is 0.507. The Morgan fingerprint density at radius 1 is 1.29 bits per heavy atom. The number of carbonyl (C=O) groups is 1. The number of fused-ring (bicyclic) bond motifs is 1. The van der Waals surface area contributed by atoms with Crippen LogP contribution in [0.3, 0.4) is 0 Å². The summed E-state index contributed by atoms with van der Waals surface area (Å²) in [6.07, 6.45) is 0.796. The van der Waals surface area contributed by atoms with Gasteiger partial charge >= 0.3 is 0 Å². The van der Waals surface area contributed by atoms with E-state index in [4.69, 9.17) is 4.74 Å². The number of anilines is 1. The van der Waals surface area contributed by atoms with Gasteiger partial charge in [0, 0.05) is 12.1 Å².